The Hall–Kier alpha value is -2.82. The molecule has 2 N–H and O–H groups in total. The lowest BCUT2D eigenvalue weighted by atomic mass is 10.0. The van der Waals surface area contributed by atoms with E-state index in [4.69, 9.17) is 0 Å². The summed E-state index contributed by atoms with van der Waals surface area (Å²) in [5.74, 6) is 5.87. The second-order valence-corrected chi connectivity index (χ2v) is 9.47. The zero-order valence-corrected chi connectivity index (χ0v) is 16.5. The van der Waals surface area contributed by atoms with E-state index in [1.54, 1.807) is 36.7 Å². The molecule has 2 aromatic heterocycles. The zero-order valence-electron chi connectivity index (χ0n) is 15.7. The van der Waals surface area contributed by atoms with Gasteiger partial charge in [-0.2, -0.15) is 5.10 Å². The average Bonchev–Trinajstić information content (AvgIpc) is 3.41. The number of aliphatic hydroxyl groups is 1. The van der Waals surface area contributed by atoms with E-state index in [-0.39, 0.29) is 5.25 Å². The van der Waals surface area contributed by atoms with Crippen LogP contribution in [-0.4, -0.2) is 34.0 Å². The Balaban J connectivity index is 1.70. The average molecular weight is 395 g/mol. The lowest BCUT2D eigenvalue weighted by Gasteiger charge is -2.08. The van der Waals surface area contributed by atoms with Crippen LogP contribution in [0, 0.1) is 11.8 Å². The van der Waals surface area contributed by atoms with Crippen LogP contribution in [0.5, 0.6) is 0 Å². The molecule has 0 aliphatic heterocycles. The highest BCUT2D eigenvalue weighted by Gasteiger charge is 2.35. The van der Waals surface area contributed by atoms with Gasteiger partial charge < -0.3 is 5.11 Å². The Bertz CT molecular complexity index is 1190. The summed E-state index contributed by atoms with van der Waals surface area (Å²) in [6.07, 6.45) is 5.05. The monoisotopic (exact) mass is 395 g/mol. The number of aromatic nitrogens is 2. The molecule has 144 valence electrons. The van der Waals surface area contributed by atoms with Crippen molar-refractivity contribution in [1.29, 1.82) is 0 Å². The fraction of sp³-hybridized carbons (Fsp3) is 0.286. The van der Waals surface area contributed by atoms with Gasteiger partial charge in [-0.1, -0.05) is 24.0 Å². The van der Waals surface area contributed by atoms with Crippen LogP contribution in [0.4, 0.5) is 5.69 Å². The van der Waals surface area contributed by atoms with Gasteiger partial charge >= 0.3 is 0 Å². The Morgan fingerprint density at radius 1 is 1.21 bits per heavy atom. The number of nitrogens with zero attached hydrogens (tertiary/aromatic N) is 2. The lowest BCUT2D eigenvalue weighted by molar-refractivity contribution is 0.143. The molecule has 1 saturated carbocycles. The first-order valence-corrected chi connectivity index (χ1v) is 10.6. The van der Waals surface area contributed by atoms with E-state index in [1.165, 1.54) is 0 Å². The molecule has 6 nitrogen and oxygen atoms in total. The van der Waals surface area contributed by atoms with Gasteiger partial charge in [-0.05, 0) is 56.5 Å². The molecule has 0 bridgehead atoms. The fourth-order valence-corrected chi connectivity index (χ4v) is 4.31. The highest BCUT2D eigenvalue weighted by molar-refractivity contribution is 7.93. The molecule has 1 aliphatic carbocycles. The van der Waals surface area contributed by atoms with Gasteiger partial charge in [0.2, 0.25) is 10.0 Å². The molecule has 0 atom stereocenters. The first-order chi connectivity index (χ1) is 13.2. The molecule has 0 spiro atoms. The largest absolute Gasteiger partial charge is 0.378 e. The van der Waals surface area contributed by atoms with Crippen molar-refractivity contribution >= 4 is 21.2 Å². The third kappa shape index (κ3) is 3.88. The van der Waals surface area contributed by atoms with Crippen molar-refractivity contribution in [1.82, 2.24) is 9.61 Å². The number of rotatable bonds is 4. The third-order valence-corrected chi connectivity index (χ3v) is 6.33. The molecule has 0 radical (unpaired) electrons. The highest BCUT2D eigenvalue weighted by atomic mass is 32.2. The summed E-state index contributed by atoms with van der Waals surface area (Å²) in [6.45, 7) is 3.28. The Morgan fingerprint density at radius 3 is 2.57 bits per heavy atom. The van der Waals surface area contributed by atoms with Crippen LogP contribution in [-0.2, 0) is 10.0 Å². The van der Waals surface area contributed by atoms with E-state index < -0.39 is 15.6 Å². The van der Waals surface area contributed by atoms with Gasteiger partial charge in [0, 0.05) is 17.4 Å². The summed E-state index contributed by atoms with van der Waals surface area (Å²) in [7, 11) is -3.28. The number of fused-ring (bicyclic) bond motifs is 1. The van der Waals surface area contributed by atoms with Gasteiger partial charge in [-0.25, -0.2) is 12.9 Å². The standard InChI is InChI=1S/C21H21N3O3S/c1-21(2,25)12-11-16-4-3-13-24-20(16)19(14-22-24)15-5-7-17(8-6-15)23-28(26,27)18-9-10-18/h3-8,13-14,18,23,25H,9-10H2,1-2H3. The molecule has 2 heterocycles. The molecular formula is C21H21N3O3S. The number of benzene rings is 1. The predicted octanol–water partition coefficient (Wildman–Crippen LogP) is 3.03. The molecule has 28 heavy (non-hydrogen) atoms. The number of hydrogen-bond acceptors (Lipinski definition) is 4. The minimum atomic E-state index is -3.28. The van der Waals surface area contributed by atoms with Crippen molar-refractivity contribution in [2.75, 3.05) is 4.72 Å². The number of sulfonamides is 1. The van der Waals surface area contributed by atoms with E-state index in [1.807, 2.05) is 30.5 Å². The van der Waals surface area contributed by atoms with Crippen molar-refractivity contribution in [2.24, 2.45) is 0 Å². The minimum absolute atomic E-state index is 0.260. The Kier molecular flexibility index (Phi) is 4.41. The molecule has 7 heteroatoms. The molecule has 3 aromatic rings. The maximum atomic E-state index is 12.1. The highest BCUT2D eigenvalue weighted by Crippen LogP contribution is 2.31. The molecule has 0 amide bonds. The van der Waals surface area contributed by atoms with Crippen LogP contribution in [0.15, 0.2) is 48.8 Å². The van der Waals surface area contributed by atoms with Gasteiger partial charge in [-0.15, -0.1) is 0 Å². The second kappa shape index (κ2) is 6.66. The zero-order chi connectivity index (χ0) is 19.9. The summed E-state index contributed by atoms with van der Waals surface area (Å²) >= 11 is 0. The van der Waals surface area contributed by atoms with Crippen molar-refractivity contribution < 1.29 is 13.5 Å². The van der Waals surface area contributed by atoms with E-state index in [9.17, 15) is 13.5 Å². The molecular weight excluding hydrogens is 374 g/mol. The normalized spacial score (nSPS) is 14.5. The van der Waals surface area contributed by atoms with Gasteiger partial charge in [0.1, 0.15) is 5.60 Å². The van der Waals surface area contributed by atoms with Crippen LogP contribution < -0.4 is 4.72 Å². The van der Waals surface area contributed by atoms with E-state index in [0.29, 0.717) is 5.69 Å². The van der Waals surface area contributed by atoms with Crippen LogP contribution in [0.1, 0.15) is 32.3 Å². The van der Waals surface area contributed by atoms with Gasteiger partial charge in [0.05, 0.1) is 22.5 Å². The Labute approximate surface area is 164 Å². The van der Waals surface area contributed by atoms with Crippen LogP contribution in [0.3, 0.4) is 0 Å². The molecule has 1 aliphatic rings. The summed E-state index contributed by atoms with van der Waals surface area (Å²) in [6, 6.07) is 11.0. The van der Waals surface area contributed by atoms with Crippen molar-refractivity contribution in [2.45, 2.75) is 37.5 Å². The van der Waals surface area contributed by atoms with Gasteiger partial charge in [0.15, 0.2) is 0 Å². The van der Waals surface area contributed by atoms with Gasteiger partial charge in [-0.3, -0.25) is 4.72 Å². The van der Waals surface area contributed by atoms with Crippen molar-refractivity contribution in [3.8, 4) is 23.0 Å². The summed E-state index contributed by atoms with van der Waals surface area (Å²) in [4.78, 5) is 0. The fourth-order valence-electron chi connectivity index (χ4n) is 2.92. The number of nitrogens with one attached hydrogen (secondary N) is 1. The van der Waals surface area contributed by atoms with E-state index in [2.05, 4.69) is 21.7 Å². The number of pyridine rings is 1. The first kappa shape index (κ1) is 18.5. The minimum Gasteiger partial charge on any atom is -0.378 e. The summed E-state index contributed by atoms with van der Waals surface area (Å²) in [5.41, 5.74) is 2.85. The lowest BCUT2D eigenvalue weighted by Crippen LogP contribution is -2.17. The van der Waals surface area contributed by atoms with Crippen molar-refractivity contribution in [3.63, 3.8) is 0 Å². The topological polar surface area (TPSA) is 83.7 Å². The van der Waals surface area contributed by atoms with Crippen LogP contribution in [0.25, 0.3) is 16.6 Å². The van der Waals surface area contributed by atoms with Crippen LogP contribution in [0.2, 0.25) is 0 Å². The van der Waals surface area contributed by atoms with Crippen molar-refractivity contribution in [3.05, 3.63) is 54.4 Å². The van der Waals surface area contributed by atoms with E-state index >= 15 is 0 Å². The van der Waals surface area contributed by atoms with Gasteiger partial charge in [0.25, 0.3) is 0 Å². The number of anilines is 1. The second-order valence-electron chi connectivity index (χ2n) is 7.51. The number of hydrogen-bond donors (Lipinski definition) is 2. The SMILES string of the molecule is CC(C)(O)C#Cc1cccn2ncc(-c3ccc(NS(=O)(=O)C4CC4)cc3)c12. The molecule has 0 unspecified atom stereocenters. The third-order valence-electron chi connectivity index (χ3n) is 4.46. The summed E-state index contributed by atoms with van der Waals surface area (Å²) < 4.78 is 28.6. The first-order valence-electron chi connectivity index (χ1n) is 9.07. The Morgan fingerprint density at radius 2 is 1.93 bits per heavy atom. The molecule has 1 aromatic carbocycles. The molecule has 0 saturated heterocycles. The molecule has 4 rings (SSSR count). The smallest absolute Gasteiger partial charge is 0.235 e. The van der Waals surface area contributed by atoms with Crippen LogP contribution >= 0.6 is 0 Å². The molecule has 1 fully saturated rings. The maximum absolute atomic E-state index is 12.1. The van der Waals surface area contributed by atoms with E-state index in [0.717, 1.165) is 35.0 Å². The predicted molar refractivity (Wildman–Crippen MR) is 109 cm³/mol. The summed E-state index contributed by atoms with van der Waals surface area (Å²) in [5, 5.41) is 14.0. The maximum Gasteiger partial charge on any atom is 0.235 e. The quantitative estimate of drug-likeness (QED) is 0.665.